The Labute approximate surface area is 161 Å². The topological polar surface area (TPSA) is 84.3 Å². The van der Waals surface area contributed by atoms with Crippen molar-refractivity contribution in [3.05, 3.63) is 47.3 Å². The second kappa shape index (κ2) is 8.67. The van der Waals surface area contributed by atoms with Crippen LogP contribution in [0.2, 0.25) is 0 Å². The first-order valence-electron chi connectivity index (χ1n) is 9.09. The molecule has 0 radical (unpaired) electrons. The lowest BCUT2D eigenvalue weighted by Crippen LogP contribution is -2.31. The minimum atomic E-state index is -3.48. The summed E-state index contributed by atoms with van der Waals surface area (Å²) in [6, 6.07) is 8.35. The summed E-state index contributed by atoms with van der Waals surface area (Å²) in [6.45, 7) is 10.3. The van der Waals surface area contributed by atoms with E-state index in [1.54, 1.807) is 28.9 Å². The quantitative estimate of drug-likeness (QED) is 0.748. The lowest BCUT2D eigenvalue weighted by atomic mass is 10.1. The van der Waals surface area contributed by atoms with Crippen LogP contribution in [0.1, 0.15) is 43.8 Å². The van der Waals surface area contributed by atoms with Crippen molar-refractivity contribution >= 4 is 15.9 Å². The van der Waals surface area contributed by atoms with Gasteiger partial charge in [0.25, 0.3) is 0 Å². The highest BCUT2D eigenvalue weighted by molar-refractivity contribution is 7.89. The molecule has 8 heteroatoms. The van der Waals surface area contributed by atoms with Crippen LogP contribution < -0.4 is 5.32 Å². The zero-order valence-electron chi connectivity index (χ0n) is 16.6. The van der Waals surface area contributed by atoms with Crippen molar-refractivity contribution in [2.75, 3.05) is 13.1 Å². The molecule has 1 aromatic carbocycles. The van der Waals surface area contributed by atoms with Crippen molar-refractivity contribution in [3.63, 3.8) is 0 Å². The molecule has 0 aliphatic heterocycles. The van der Waals surface area contributed by atoms with Gasteiger partial charge in [0.15, 0.2) is 0 Å². The maximum Gasteiger partial charge on any atom is 0.243 e. The number of carbonyl (C=O) groups excluding carboxylic acids is 1. The van der Waals surface area contributed by atoms with Gasteiger partial charge in [0.1, 0.15) is 6.54 Å². The highest BCUT2D eigenvalue weighted by Gasteiger charge is 2.21. The van der Waals surface area contributed by atoms with Gasteiger partial charge in [-0.05, 0) is 44.5 Å². The molecule has 2 rings (SSSR count). The Morgan fingerprint density at radius 3 is 2.26 bits per heavy atom. The van der Waals surface area contributed by atoms with Crippen LogP contribution in [0, 0.1) is 13.8 Å². The van der Waals surface area contributed by atoms with E-state index in [4.69, 9.17) is 0 Å². The Morgan fingerprint density at radius 1 is 1.19 bits per heavy atom. The van der Waals surface area contributed by atoms with Crippen molar-refractivity contribution in [2.24, 2.45) is 0 Å². The maximum atomic E-state index is 12.5. The highest BCUT2D eigenvalue weighted by Crippen LogP contribution is 2.19. The van der Waals surface area contributed by atoms with E-state index < -0.39 is 10.0 Å². The monoisotopic (exact) mass is 392 g/mol. The lowest BCUT2D eigenvalue weighted by molar-refractivity contribution is -0.122. The SMILES string of the molecule is CCN(CC)S(=O)(=O)c1ccc(C(C)NC(=O)Cn2nc(C)cc2C)cc1. The summed E-state index contributed by atoms with van der Waals surface area (Å²) in [5.74, 6) is -0.145. The molecule has 1 amide bonds. The van der Waals surface area contributed by atoms with Gasteiger partial charge >= 0.3 is 0 Å². The fourth-order valence-electron chi connectivity index (χ4n) is 2.98. The molecule has 0 bridgehead atoms. The Morgan fingerprint density at radius 2 is 1.78 bits per heavy atom. The molecule has 27 heavy (non-hydrogen) atoms. The average molecular weight is 393 g/mol. The second-order valence-electron chi connectivity index (χ2n) is 6.53. The number of hydrogen-bond acceptors (Lipinski definition) is 4. The van der Waals surface area contributed by atoms with Crippen molar-refractivity contribution in [2.45, 2.75) is 52.1 Å². The molecule has 1 atom stereocenters. The fraction of sp³-hybridized carbons (Fsp3) is 0.474. The van der Waals surface area contributed by atoms with E-state index in [2.05, 4.69) is 10.4 Å². The number of nitrogens with zero attached hydrogens (tertiary/aromatic N) is 3. The average Bonchev–Trinajstić information content (AvgIpc) is 2.92. The van der Waals surface area contributed by atoms with E-state index in [0.29, 0.717) is 13.1 Å². The van der Waals surface area contributed by atoms with E-state index in [9.17, 15) is 13.2 Å². The van der Waals surface area contributed by atoms with Gasteiger partial charge in [-0.2, -0.15) is 9.40 Å². The number of sulfonamides is 1. The summed E-state index contributed by atoms with van der Waals surface area (Å²) >= 11 is 0. The van der Waals surface area contributed by atoms with Gasteiger partial charge < -0.3 is 5.32 Å². The van der Waals surface area contributed by atoms with Gasteiger partial charge in [0.2, 0.25) is 15.9 Å². The van der Waals surface area contributed by atoms with Gasteiger partial charge in [-0.3, -0.25) is 9.48 Å². The van der Waals surface area contributed by atoms with Crippen molar-refractivity contribution < 1.29 is 13.2 Å². The predicted octanol–water partition coefficient (Wildman–Crippen LogP) is 2.41. The summed E-state index contributed by atoms with van der Waals surface area (Å²) in [4.78, 5) is 12.5. The molecular formula is C19H28N4O3S. The number of carbonyl (C=O) groups is 1. The van der Waals surface area contributed by atoms with Crippen molar-refractivity contribution in [1.29, 1.82) is 0 Å². The minimum absolute atomic E-state index is 0.145. The van der Waals surface area contributed by atoms with Gasteiger partial charge in [-0.1, -0.05) is 26.0 Å². The van der Waals surface area contributed by atoms with Crippen LogP contribution in [0.15, 0.2) is 35.2 Å². The van der Waals surface area contributed by atoms with Crippen LogP contribution >= 0.6 is 0 Å². The third-order valence-corrected chi connectivity index (χ3v) is 6.56. The Bertz CT molecular complexity index is 884. The summed E-state index contributed by atoms with van der Waals surface area (Å²) in [5, 5.41) is 7.21. The molecule has 2 aromatic rings. The van der Waals surface area contributed by atoms with Crippen molar-refractivity contribution in [1.82, 2.24) is 19.4 Å². The first kappa shape index (κ1) is 21.1. The molecule has 7 nitrogen and oxygen atoms in total. The van der Waals surface area contributed by atoms with Crippen LogP contribution in [-0.4, -0.2) is 41.5 Å². The second-order valence-corrected chi connectivity index (χ2v) is 8.47. The largest absolute Gasteiger partial charge is 0.348 e. The molecule has 1 unspecified atom stereocenters. The highest BCUT2D eigenvalue weighted by atomic mass is 32.2. The third-order valence-electron chi connectivity index (χ3n) is 4.50. The molecule has 0 saturated heterocycles. The maximum absolute atomic E-state index is 12.5. The van der Waals surface area contributed by atoms with E-state index >= 15 is 0 Å². The van der Waals surface area contributed by atoms with Gasteiger partial charge in [-0.25, -0.2) is 8.42 Å². The number of aromatic nitrogens is 2. The first-order valence-corrected chi connectivity index (χ1v) is 10.5. The molecule has 1 heterocycles. The summed E-state index contributed by atoms with van der Waals surface area (Å²) in [5.41, 5.74) is 2.65. The summed E-state index contributed by atoms with van der Waals surface area (Å²) in [7, 11) is -3.48. The molecule has 148 valence electrons. The third kappa shape index (κ3) is 4.95. The van der Waals surface area contributed by atoms with Crippen LogP contribution in [0.4, 0.5) is 0 Å². The van der Waals surface area contributed by atoms with E-state index in [-0.39, 0.29) is 23.4 Å². The molecule has 0 aliphatic carbocycles. The standard InChI is InChI=1S/C19H28N4O3S/c1-6-22(7-2)27(25,26)18-10-8-17(9-11-18)16(5)20-19(24)13-23-15(4)12-14(3)21-23/h8-12,16H,6-7,13H2,1-5H3,(H,20,24). The number of nitrogens with one attached hydrogen (secondary N) is 1. The van der Waals surface area contributed by atoms with Gasteiger partial charge in [-0.15, -0.1) is 0 Å². The first-order chi connectivity index (χ1) is 12.7. The smallest absolute Gasteiger partial charge is 0.243 e. The Balaban J connectivity index is 2.06. The van der Waals surface area contributed by atoms with Crippen LogP contribution in [0.5, 0.6) is 0 Å². The Hall–Kier alpha value is -2.19. The molecule has 1 N–H and O–H groups in total. The van der Waals surface area contributed by atoms with Crippen molar-refractivity contribution in [3.8, 4) is 0 Å². The predicted molar refractivity (Wildman–Crippen MR) is 105 cm³/mol. The number of rotatable bonds is 8. The number of aryl methyl sites for hydroxylation is 2. The zero-order valence-corrected chi connectivity index (χ0v) is 17.4. The van der Waals surface area contributed by atoms with Crippen LogP contribution in [0.25, 0.3) is 0 Å². The zero-order chi connectivity index (χ0) is 20.2. The fourth-order valence-corrected chi connectivity index (χ4v) is 4.44. The lowest BCUT2D eigenvalue weighted by Gasteiger charge is -2.19. The van der Waals surface area contributed by atoms with E-state index in [0.717, 1.165) is 17.0 Å². The molecular weight excluding hydrogens is 364 g/mol. The number of amides is 1. The normalized spacial score (nSPS) is 13.0. The molecule has 1 aromatic heterocycles. The summed E-state index contributed by atoms with van der Waals surface area (Å²) in [6.07, 6.45) is 0. The summed E-state index contributed by atoms with van der Waals surface area (Å²) < 4.78 is 28.2. The molecule has 0 fully saturated rings. The van der Waals surface area contributed by atoms with Gasteiger partial charge in [0.05, 0.1) is 16.6 Å². The molecule has 0 aliphatic rings. The minimum Gasteiger partial charge on any atom is -0.348 e. The van der Waals surface area contributed by atoms with Crippen LogP contribution in [0.3, 0.4) is 0 Å². The van der Waals surface area contributed by atoms with Gasteiger partial charge in [0, 0.05) is 18.8 Å². The molecule has 0 saturated carbocycles. The Kier molecular flexibility index (Phi) is 6.78. The van der Waals surface area contributed by atoms with E-state index in [1.807, 2.05) is 40.7 Å². The number of benzene rings is 1. The van der Waals surface area contributed by atoms with E-state index in [1.165, 1.54) is 4.31 Å². The van der Waals surface area contributed by atoms with Crippen LogP contribution in [-0.2, 0) is 21.4 Å². The molecule has 0 spiro atoms. The number of hydrogen-bond donors (Lipinski definition) is 1.